The predicted octanol–water partition coefficient (Wildman–Crippen LogP) is 3.30. The first-order valence-corrected chi connectivity index (χ1v) is 6.82. The van der Waals surface area contributed by atoms with Crippen LogP contribution in [0.5, 0.6) is 0 Å². The van der Waals surface area contributed by atoms with Crippen LogP contribution in [0.1, 0.15) is 44.6 Å². The van der Waals surface area contributed by atoms with Gasteiger partial charge in [0.05, 0.1) is 5.56 Å². The van der Waals surface area contributed by atoms with E-state index in [4.69, 9.17) is 11.0 Å². The zero-order chi connectivity index (χ0) is 13.0. The minimum atomic E-state index is 0.570. The van der Waals surface area contributed by atoms with Crippen LogP contribution in [0, 0.1) is 11.3 Å². The third kappa shape index (κ3) is 2.59. The second kappa shape index (κ2) is 5.77. The number of nitriles is 1. The maximum atomic E-state index is 9.06. The quantitative estimate of drug-likeness (QED) is 0.829. The Balaban J connectivity index is 2.24. The van der Waals surface area contributed by atoms with E-state index in [1.165, 1.54) is 32.1 Å². The highest BCUT2D eigenvalue weighted by Gasteiger charge is 2.20. The van der Waals surface area contributed by atoms with E-state index in [1.54, 1.807) is 0 Å². The molecule has 2 rings (SSSR count). The molecule has 0 atom stereocenters. The Morgan fingerprint density at radius 1 is 1.33 bits per heavy atom. The zero-order valence-corrected chi connectivity index (χ0v) is 11.0. The second-order valence-electron chi connectivity index (χ2n) is 4.96. The van der Waals surface area contributed by atoms with E-state index in [0.717, 1.165) is 12.2 Å². The number of hydrogen-bond donors (Lipinski definition) is 1. The van der Waals surface area contributed by atoms with Gasteiger partial charge >= 0.3 is 0 Å². The standard InChI is InChI=1S/C15H21N3/c1-2-18(13-6-4-3-5-7-13)14-8-9-15(17)12(10-14)11-16/h8-10,13H,2-7,17H2,1H3. The van der Waals surface area contributed by atoms with Crippen LogP contribution in [0.15, 0.2) is 18.2 Å². The Hall–Kier alpha value is -1.69. The molecule has 0 aliphatic heterocycles. The van der Waals surface area contributed by atoms with Gasteiger partial charge in [-0.2, -0.15) is 5.26 Å². The molecule has 1 aliphatic rings. The molecule has 0 spiro atoms. The number of benzene rings is 1. The molecule has 1 aromatic rings. The van der Waals surface area contributed by atoms with Crippen molar-refractivity contribution < 1.29 is 0 Å². The van der Waals surface area contributed by atoms with Crippen molar-refractivity contribution in [1.82, 2.24) is 0 Å². The summed E-state index contributed by atoms with van der Waals surface area (Å²) >= 11 is 0. The molecule has 18 heavy (non-hydrogen) atoms. The summed E-state index contributed by atoms with van der Waals surface area (Å²) in [6, 6.07) is 8.60. The fourth-order valence-corrected chi connectivity index (χ4v) is 2.86. The van der Waals surface area contributed by atoms with E-state index in [1.807, 2.05) is 18.2 Å². The predicted molar refractivity (Wildman–Crippen MR) is 75.5 cm³/mol. The fourth-order valence-electron chi connectivity index (χ4n) is 2.86. The van der Waals surface area contributed by atoms with Gasteiger partial charge < -0.3 is 10.6 Å². The Morgan fingerprint density at radius 2 is 2.06 bits per heavy atom. The van der Waals surface area contributed by atoms with Crippen molar-refractivity contribution in [1.29, 1.82) is 5.26 Å². The lowest BCUT2D eigenvalue weighted by atomic mass is 9.93. The van der Waals surface area contributed by atoms with Gasteiger partial charge in [0.15, 0.2) is 0 Å². The highest BCUT2D eigenvalue weighted by Crippen LogP contribution is 2.28. The molecule has 2 N–H and O–H groups in total. The molecular weight excluding hydrogens is 222 g/mol. The number of rotatable bonds is 3. The van der Waals surface area contributed by atoms with Crippen LogP contribution in [0.4, 0.5) is 11.4 Å². The number of nitrogens with zero attached hydrogens (tertiary/aromatic N) is 2. The second-order valence-corrected chi connectivity index (χ2v) is 4.96. The molecule has 0 heterocycles. The summed E-state index contributed by atoms with van der Waals surface area (Å²) in [5.74, 6) is 0. The largest absolute Gasteiger partial charge is 0.398 e. The van der Waals surface area contributed by atoms with Crippen LogP contribution in [-0.4, -0.2) is 12.6 Å². The molecular formula is C15H21N3. The Kier molecular flexibility index (Phi) is 4.09. The van der Waals surface area contributed by atoms with Crippen LogP contribution in [0.25, 0.3) is 0 Å². The van der Waals surface area contributed by atoms with E-state index in [-0.39, 0.29) is 0 Å². The lowest BCUT2D eigenvalue weighted by molar-refractivity contribution is 0.418. The highest BCUT2D eigenvalue weighted by molar-refractivity contribution is 5.63. The normalized spacial score (nSPS) is 16.2. The van der Waals surface area contributed by atoms with Gasteiger partial charge in [-0.1, -0.05) is 19.3 Å². The molecule has 96 valence electrons. The minimum Gasteiger partial charge on any atom is -0.398 e. The topological polar surface area (TPSA) is 53.0 Å². The zero-order valence-electron chi connectivity index (χ0n) is 11.0. The van der Waals surface area contributed by atoms with E-state index < -0.39 is 0 Å². The van der Waals surface area contributed by atoms with Gasteiger partial charge in [-0.15, -0.1) is 0 Å². The summed E-state index contributed by atoms with van der Waals surface area (Å²) in [6.45, 7) is 3.16. The van der Waals surface area contributed by atoms with Crippen LogP contribution in [0.2, 0.25) is 0 Å². The van der Waals surface area contributed by atoms with Gasteiger partial charge in [-0.3, -0.25) is 0 Å². The molecule has 3 heteroatoms. The van der Waals surface area contributed by atoms with Gasteiger partial charge in [0.25, 0.3) is 0 Å². The number of hydrogen-bond acceptors (Lipinski definition) is 3. The number of nitrogens with two attached hydrogens (primary N) is 1. The van der Waals surface area contributed by atoms with Crippen LogP contribution in [-0.2, 0) is 0 Å². The average molecular weight is 243 g/mol. The van der Waals surface area contributed by atoms with Gasteiger partial charge in [0.2, 0.25) is 0 Å². The summed E-state index contributed by atoms with van der Waals surface area (Å²) in [5, 5.41) is 9.06. The Morgan fingerprint density at radius 3 is 2.67 bits per heavy atom. The molecule has 1 saturated carbocycles. The first-order chi connectivity index (χ1) is 8.76. The Bertz CT molecular complexity index is 442. The molecule has 1 aromatic carbocycles. The monoisotopic (exact) mass is 243 g/mol. The van der Waals surface area contributed by atoms with Crippen molar-refractivity contribution in [2.75, 3.05) is 17.2 Å². The van der Waals surface area contributed by atoms with Crippen LogP contribution >= 0.6 is 0 Å². The molecule has 0 radical (unpaired) electrons. The highest BCUT2D eigenvalue weighted by atomic mass is 15.2. The maximum Gasteiger partial charge on any atom is 0.101 e. The molecule has 0 unspecified atom stereocenters. The lowest BCUT2D eigenvalue weighted by Gasteiger charge is -2.35. The third-order valence-electron chi connectivity index (χ3n) is 3.85. The van der Waals surface area contributed by atoms with Crippen molar-refractivity contribution in [3.8, 4) is 6.07 Å². The maximum absolute atomic E-state index is 9.06. The molecule has 1 fully saturated rings. The van der Waals surface area contributed by atoms with Crippen molar-refractivity contribution in [3.05, 3.63) is 23.8 Å². The average Bonchev–Trinajstić information content (AvgIpc) is 2.42. The number of nitrogen functional groups attached to an aromatic ring is 1. The molecule has 1 aliphatic carbocycles. The summed E-state index contributed by atoms with van der Waals surface area (Å²) in [5.41, 5.74) is 8.07. The van der Waals surface area contributed by atoms with Crippen molar-refractivity contribution in [3.63, 3.8) is 0 Å². The third-order valence-corrected chi connectivity index (χ3v) is 3.85. The molecule has 0 aromatic heterocycles. The van der Waals surface area contributed by atoms with Gasteiger partial charge in [0.1, 0.15) is 6.07 Å². The smallest absolute Gasteiger partial charge is 0.101 e. The molecule has 0 bridgehead atoms. The van der Waals surface area contributed by atoms with Gasteiger partial charge in [0, 0.05) is 24.0 Å². The SMILES string of the molecule is CCN(c1ccc(N)c(C#N)c1)C1CCCCC1. The van der Waals surface area contributed by atoms with Crippen molar-refractivity contribution >= 4 is 11.4 Å². The van der Waals surface area contributed by atoms with E-state index in [2.05, 4.69) is 17.9 Å². The lowest BCUT2D eigenvalue weighted by Crippen LogP contribution is -2.36. The summed E-state index contributed by atoms with van der Waals surface area (Å²) in [4.78, 5) is 2.42. The van der Waals surface area contributed by atoms with E-state index >= 15 is 0 Å². The summed E-state index contributed by atoms with van der Waals surface area (Å²) in [7, 11) is 0. The van der Waals surface area contributed by atoms with Crippen molar-refractivity contribution in [2.45, 2.75) is 45.1 Å². The summed E-state index contributed by atoms with van der Waals surface area (Å²) < 4.78 is 0. The Labute approximate surface area is 109 Å². The van der Waals surface area contributed by atoms with Crippen LogP contribution in [0.3, 0.4) is 0 Å². The fraction of sp³-hybridized carbons (Fsp3) is 0.533. The summed E-state index contributed by atoms with van der Waals surface area (Å²) in [6.07, 6.45) is 6.53. The van der Waals surface area contributed by atoms with E-state index in [9.17, 15) is 0 Å². The first-order valence-electron chi connectivity index (χ1n) is 6.82. The molecule has 0 saturated heterocycles. The molecule has 3 nitrogen and oxygen atoms in total. The van der Waals surface area contributed by atoms with E-state index in [0.29, 0.717) is 17.3 Å². The van der Waals surface area contributed by atoms with Crippen LogP contribution < -0.4 is 10.6 Å². The van der Waals surface area contributed by atoms with Gasteiger partial charge in [-0.25, -0.2) is 0 Å². The molecule has 0 amide bonds. The minimum absolute atomic E-state index is 0.570. The number of anilines is 2. The van der Waals surface area contributed by atoms with Gasteiger partial charge in [-0.05, 0) is 38.0 Å². The van der Waals surface area contributed by atoms with Crippen molar-refractivity contribution in [2.24, 2.45) is 0 Å². The first kappa shape index (κ1) is 12.8.